The maximum absolute atomic E-state index is 13.5. The molecule has 2 atom stereocenters. The lowest BCUT2D eigenvalue weighted by Crippen LogP contribution is -2.49. The molecule has 2 aromatic heterocycles. The number of benzene rings is 2. The van der Waals surface area contributed by atoms with Crippen LogP contribution >= 0.6 is 11.3 Å². The van der Waals surface area contributed by atoms with Crippen LogP contribution in [0.5, 0.6) is 0 Å². The highest BCUT2D eigenvalue weighted by atomic mass is 32.1. The number of carbonyl (C=O) groups excluding carboxylic acids is 2. The number of nitrogens with one attached hydrogen (secondary N) is 1. The van der Waals surface area contributed by atoms with Crippen molar-refractivity contribution in [2.24, 2.45) is 0 Å². The first-order valence-corrected chi connectivity index (χ1v) is 15.1. The van der Waals surface area contributed by atoms with Crippen molar-refractivity contribution in [1.29, 1.82) is 0 Å². The average molecular weight is 604 g/mol. The van der Waals surface area contributed by atoms with E-state index in [9.17, 15) is 19.1 Å². The van der Waals surface area contributed by atoms with Crippen LogP contribution in [-0.4, -0.2) is 64.6 Å². The fourth-order valence-electron chi connectivity index (χ4n) is 4.66. The third-order valence-electron chi connectivity index (χ3n) is 7.22. The highest BCUT2D eigenvalue weighted by Crippen LogP contribution is 2.21. The Hall–Kier alpha value is -4.15. The molecule has 0 fully saturated rings. The number of thiazole rings is 1. The van der Waals surface area contributed by atoms with E-state index in [2.05, 4.69) is 35.2 Å². The molecule has 0 aliphatic rings. The van der Waals surface area contributed by atoms with Gasteiger partial charge in [0.05, 0.1) is 36.3 Å². The van der Waals surface area contributed by atoms with Crippen LogP contribution in [0.25, 0.3) is 0 Å². The van der Waals surface area contributed by atoms with Gasteiger partial charge in [-0.15, -0.1) is 11.3 Å². The van der Waals surface area contributed by atoms with Crippen molar-refractivity contribution in [2.75, 3.05) is 25.5 Å². The van der Waals surface area contributed by atoms with E-state index in [-0.39, 0.29) is 19.0 Å². The first-order valence-electron chi connectivity index (χ1n) is 14.2. The fraction of sp³-hybridized carbons (Fsp3) is 0.333. The van der Waals surface area contributed by atoms with Crippen LogP contribution in [0.1, 0.15) is 62.3 Å². The standard InChI is InChI=1S/C33H38FN5O3S/c1-22(2)26-15-28(18-35-17-26)38(3)19-30(40)29(13-23-9-6-5-7-10-23)37-32(41)24-11-8-12-25(14-24)33(42)39(4)20-31-36-27(16-34)21-43-31/h5-12,14-15,17-18,21-22,29-30,40H,13,16,19-20H2,1-4H3,(H,37,41)/t29-,30+/m0/s1. The molecule has 43 heavy (non-hydrogen) atoms. The van der Waals surface area contributed by atoms with Crippen molar-refractivity contribution >= 4 is 28.8 Å². The van der Waals surface area contributed by atoms with Crippen LogP contribution in [0.3, 0.4) is 0 Å². The van der Waals surface area contributed by atoms with Gasteiger partial charge in [0.25, 0.3) is 11.8 Å². The highest BCUT2D eigenvalue weighted by molar-refractivity contribution is 7.09. The molecule has 2 N–H and O–H groups in total. The van der Waals surface area contributed by atoms with Gasteiger partial charge >= 0.3 is 0 Å². The minimum absolute atomic E-state index is 0.231. The number of pyridine rings is 1. The Morgan fingerprint density at radius 2 is 1.77 bits per heavy atom. The molecule has 0 radical (unpaired) electrons. The summed E-state index contributed by atoms with van der Waals surface area (Å²) in [5.74, 6) is -0.359. The molecule has 0 spiro atoms. The lowest BCUT2D eigenvalue weighted by atomic mass is 9.99. The molecule has 10 heteroatoms. The molecule has 2 heterocycles. The molecule has 4 rings (SSSR count). The number of hydrogen-bond acceptors (Lipinski definition) is 7. The molecule has 0 saturated carbocycles. The summed E-state index contributed by atoms with van der Waals surface area (Å²) in [5.41, 5.74) is 3.95. The summed E-state index contributed by atoms with van der Waals surface area (Å²) < 4.78 is 12.9. The summed E-state index contributed by atoms with van der Waals surface area (Å²) in [7, 11) is 3.53. The first kappa shape index (κ1) is 31.8. The number of likely N-dealkylation sites (N-methyl/N-ethyl adjacent to an activating group) is 1. The average Bonchev–Trinajstić information content (AvgIpc) is 3.48. The SMILES string of the molecule is CC(C)c1cncc(N(C)C[C@@H](O)[C@H](Cc2ccccc2)NC(=O)c2cccc(C(=O)N(C)Cc3nc(CF)cs3)c2)c1. The normalized spacial score (nSPS) is 12.5. The Morgan fingerprint density at radius 3 is 2.47 bits per heavy atom. The minimum atomic E-state index is -0.902. The summed E-state index contributed by atoms with van der Waals surface area (Å²) in [5, 5.41) is 16.7. The number of aliphatic hydroxyl groups is 1. The molecule has 0 unspecified atom stereocenters. The van der Waals surface area contributed by atoms with Crippen molar-refractivity contribution in [3.05, 3.63) is 111 Å². The van der Waals surface area contributed by atoms with Gasteiger partial charge in [-0.25, -0.2) is 9.37 Å². The zero-order chi connectivity index (χ0) is 30.9. The molecule has 0 saturated heterocycles. The third kappa shape index (κ3) is 8.68. The van der Waals surface area contributed by atoms with Crippen LogP contribution in [-0.2, 0) is 19.6 Å². The second kappa shape index (κ2) is 14.8. The van der Waals surface area contributed by atoms with E-state index in [4.69, 9.17) is 0 Å². The van der Waals surface area contributed by atoms with Gasteiger partial charge in [0.2, 0.25) is 0 Å². The largest absolute Gasteiger partial charge is 0.389 e. The number of halogens is 1. The number of carbonyl (C=O) groups is 2. The molecule has 2 amide bonds. The van der Waals surface area contributed by atoms with Gasteiger partial charge in [0.1, 0.15) is 11.7 Å². The van der Waals surface area contributed by atoms with Crippen LogP contribution in [0.4, 0.5) is 10.1 Å². The molecular weight excluding hydrogens is 565 g/mol. The Kier molecular flexibility index (Phi) is 11.0. The predicted molar refractivity (Wildman–Crippen MR) is 168 cm³/mol. The van der Waals surface area contributed by atoms with E-state index in [0.717, 1.165) is 16.8 Å². The number of anilines is 1. The number of alkyl halides is 1. The van der Waals surface area contributed by atoms with Gasteiger partial charge in [-0.05, 0) is 47.7 Å². The van der Waals surface area contributed by atoms with E-state index in [0.29, 0.717) is 34.2 Å². The second-order valence-electron chi connectivity index (χ2n) is 11.0. The van der Waals surface area contributed by atoms with Gasteiger partial charge in [-0.2, -0.15) is 0 Å². The van der Waals surface area contributed by atoms with E-state index in [1.165, 1.54) is 16.2 Å². The van der Waals surface area contributed by atoms with Crippen molar-refractivity contribution in [1.82, 2.24) is 20.2 Å². The molecule has 226 valence electrons. The Morgan fingerprint density at radius 1 is 1.02 bits per heavy atom. The van der Waals surface area contributed by atoms with Gasteiger partial charge < -0.3 is 20.2 Å². The van der Waals surface area contributed by atoms with Crippen molar-refractivity contribution in [2.45, 2.75) is 51.6 Å². The zero-order valence-corrected chi connectivity index (χ0v) is 25.7. The van der Waals surface area contributed by atoms with Crippen LogP contribution in [0.2, 0.25) is 0 Å². The fourth-order valence-corrected chi connectivity index (χ4v) is 5.48. The van der Waals surface area contributed by atoms with Crippen molar-refractivity contribution in [3.63, 3.8) is 0 Å². The van der Waals surface area contributed by atoms with E-state index < -0.39 is 24.7 Å². The Labute approximate surface area is 256 Å². The minimum Gasteiger partial charge on any atom is -0.389 e. The summed E-state index contributed by atoms with van der Waals surface area (Å²) >= 11 is 1.30. The Balaban J connectivity index is 1.48. The maximum Gasteiger partial charge on any atom is 0.253 e. The van der Waals surface area contributed by atoms with E-state index in [1.54, 1.807) is 42.9 Å². The number of amides is 2. The quantitative estimate of drug-likeness (QED) is 0.217. The zero-order valence-electron chi connectivity index (χ0n) is 24.9. The number of hydrogen-bond donors (Lipinski definition) is 2. The van der Waals surface area contributed by atoms with Crippen molar-refractivity contribution < 1.29 is 19.1 Å². The topological polar surface area (TPSA) is 98.7 Å². The highest BCUT2D eigenvalue weighted by Gasteiger charge is 2.25. The number of aromatic nitrogens is 2. The summed E-state index contributed by atoms with van der Waals surface area (Å²) in [6.07, 6.45) is 3.12. The first-order chi connectivity index (χ1) is 20.6. The molecular formula is C33H38FN5O3S. The number of aliphatic hydroxyl groups excluding tert-OH is 1. The Bertz CT molecular complexity index is 1510. The second-order valence-corrected chi connectivity index (χ2v) is 11.9. The van der Waals surface area contributed by atoms with E-state index in [1.807, 2.05) is 48.5 Å². The van der Waals surface area contributed by atoms with Gasteiger partial charge in [0.15, 0.2) is 0 Å². The molecule has 8 nitrogen and oxygen atoms in total. The molecule has 0 aliphatic carbocycles. The number of rotatable bonds is 13. The van der Waals surface area contributed by atoms with Crippen LogP contribution in [0, 0.1) is 0 Å². The molecule has 4 aromatic rings. The van der Waals surface area contributed by atoms with Crippen LogP contribution in [0.15, 0.2) is 78.4 Å². The van der Waals surface area contributed by atoms with Crippen LogP contribution < -0.4 is 10.2 Å². The number of nitrogens with zero attached hydrogens (tertiary/aromatic N) is 4. The van der Waals surface area contributed by atoms with Gasteiger partial charge in [0, 0.05) is 43.3 Å². The maximum atomic E-state index is 13.5. The van der Waals surface area contributed by atoms with E-state index >= 15 is 0 Å². The van der Waals surface area contributed by atoms with Crippen molar-refractivity contribution in [3.8, 4) is 0 Å². The smallest absolute Gasteiger partial charge is 0.253 e. The summed E-state index contributed by atoms with van der Waals surface area (Å²) in [6, 6.07) is 17.6. The van der Waals surface area contributed by atoms with Gasteiger partial charge in [-0.3, -0.25) is 14.6 Å². The monoisotopic (exact) mass is 603 g/mol. The lowest BCUT2D eigenvalue weighted by Gasteiger charge is -2.29. The summed E-state index contributed by atoms with van der Waals surface area (Å²) in [6.45, 7) is 4.06. The summed E-state index contributed by atoms with van der Waals surface area (Å²) in [4.78, 5) is 38.6. The lowest BCUT2D eigenvalue weighted by molar-refractivity contribution is 0.0784. The predicted octanol–water partition coefficient (Wildman–Crippen LogP) is 5.24. The third-order valence-corrected chi connectivity index (χ3v) is 8.10. The molecule has 2 aromatic carbocycles. The molecule has 0 bridgehead atoms. The van der Waals surface area contributed by atoms with Gasteiger partial charge in [-0.1, -0.05) is 50.2 Å². The molecule has 0 aliphatic heterocycles.